The van der Waals surface area contributed by atoms with Gasteiger partial charge in [0.15, 0.2) is 17.3 Å². The third-order valence-corrected chi connectivity index (χ3v) is 5.21. The van der Waals surface area contributed by atoms with E-state index in [1.54, 1.807) is 20.4 Å². The summed E-state index contributed by atoms with van der Waals surface area (Å²) in [5.74, 6) is 2.80. The molecule has 0 radical (unpaired) electrons. The Morgan fingerprint density at radius 2 is 1.83 bits per heavy atom. The molecule has 1 N–H and O–H groups in total. The molecular formula is C22H25N5O2. The maximum atomic E-state index is 5.45. The summed E-state index contributed by atoms with van der Waals surface area (Å²) in [6.45, 7) is 3.66. The summed E-state index contributed by atoms with van der Waals surface area (Å²) in [6, 6.07) is 12.3. The summed E-state index contributed by atoms with van der Waals surface area (Å²) in [6.07, 6.45) is 3.49. The maximum absolute atomic E-state index is 5.45. The normalized spacial score (nSPS) is 13.0. The number of rotatable bonds is 6. The van der Waals surface area contributed by atoms with Crippen LogP contribution in [-0.2, 0) is 19.4 Å². The number of nitrogens with zero attached hydrogens (tertiary/aromatic N) is 4. The highest BCUT2D eigenvalue weighted by molar-refractivity contribution is 5.61. The molecule has 0 bridgehead atoms. The van der Waals surface area contributed by atoms with Gasteiger partial charge < -0.3 is 19.7 Å². The average molecular weight is 391 g/mol. The molecule has 3 aromatic rings. The molecule has 0 saturated carbocycles. The van der Waals surface area contributed by atoms with Crippen molar-refractivity contribution < 1.29 is 9.47 Å². The van der Waals surface area contributed by atoms with Crippen LogP contribution in [0.2, 0.25) is 0 Å². The molecule has 150 valence electrons. The third-order valence-electron chi connectivity index (χ3n) is 5.21. The highest BCUT2D eigenvalue weighted by atomic mass is 16.5. The lowest BCUT2D eigenvalue weighted by Gasteiger charge is -2.29. The van der Waals surface area contributed by atoms with Crippen LogP contribution in [0.4, 0.5) is 17.5 Å². The van der Waals surface area contributed by atoms with Gasteiger partial charge in [-0.25, -0.2) is 0 Å². The van der Waals surface area contributed by atoms with Gasteiger partial charge in [-0.1, -0.05) is 25.1 Å². The van der Waals surface area contributed by atoms with Crippen LogP contribution in [0.25, 0.3) is 0 Å². The molecule has 0 spiro atoms. The fourth-order valence-corrected chi connectivity index (χ4v) is 3.63. The van der Waals surface area contributed by atoms with Gasteiger partial charge >= 0.3 is 0 Å². The van der Waals surface area contributed by atoms with Crippen LogP contribution in [0.3, 0.4) is 0 Å². The van der Waals surface area contributed by atoms with Crippen molar-refractivity contribution in [1.29, 1.82) is 0 Å². The lowest BCUT2D eigenvalue weighted by atomic mass is 9.99. The SMILES string of the molecule is CCc1ccccc1Nc1cnnc(N2CCc3cc(OC)c(OC)cc3C2)n1. The maximum Gasteiger partial charge on any atom is 0.247 e. The number of benzene rings is 2. The number of hydrogen-bond acceptors (Lipinski definition) is 7. The summed E-state index contributed by atoms with van der Waals surface area (Å²) in [5, 5.41) is 11.8. The van der Waals surface area contributed by atoms with E-state index in [-0.39, 0.29) is 0 Å². The van der Waals surface area contributed by atoms with Crippen molar-refractivity contribution in [2.75, 3.05) is 31.0 Å². The molecule has 1 aliphatic rings. The predicted molar refractivity (Wildman–Crippen MR) is 113 cm³/mol. The molecule has 0 fully saturated rings. The van der Waals surface area contributed by atoms with Crippen LogP contribution in [0.5, 0.6) is 11.5 Å². The first-order valence-electron chi connectivity index (χ1n) is 9.75. The van der Waals surface area contributed by atoms with Crippen LogP contribution >= 0.6 is 0 Å². The van der Waals surface area contributed by atoms with Crippen molar-refractivity contribution in [1.82, 2.24) is 15.2 Å². The molecule has 0 aliphatic carbocycles. The molecule has 0 amide bonds. The van der Waals surface area contributed by atoms with Crippen LogP contribution in [-0.4, -0.2) is 35.9 Å². The lowest BCUT2D eigenvalue weighted by molar-refractivity contribution is 0.353. The van der Waals surface area contributed by atoms with Gasteiger partial charge in [0.05, 0.1) is 20.4 Å². The van der Waals surface area contributed by atoms with Crippen LogP contribution in [0, 0.1) is 0 Å². The van der Waals surface area contributed by atoms with E-state index in [9.17, 15) is 0 Å². The third kappa shape index (κ3) is 3.94. The minimum absolute atomic E-state index is 0.615. The van der Waals surface area contributed by atoms with Gasteiger partial charge in [-0.3, -0.25) is 0 Å². The fraction of sp³-hybridized carbons (Fsp3) is 0.318. The molecule has 7 heteroatoms. The quantitative estimate of drug-likeness (QED) is 0.686. The van der Waals surface area contributed by atoms with E-state index in [0.29, 0.717) is 18.3 Å². The fourth-order valence-electron chi connectivity index (χ4n) is 3.63. The minimum atomic E-state index is 0.615. The Morgan fingerprint density at radius 1 is 1.07 bits per heavy atom. The van der Waals surface area contributed by atoms with E-state index in [1.807, 2.05) is 18.2 Å². The molecule has 0 unspecified atom stereocenters. The number of hydrogen-bond donors (Lipinski definition) is 1. The number of para-hydroxylation sites is 1. The topological polar surface area (TPSA) is 72.4 Å². The Kier molecular flexibility index (Phi) is 5.46. The number of methoxy groups -OCH3 is 2. The molecule has 7 nitrogen and oxygen atoms in total. The Morgan fingerprint density at radius 3 is 2.59 bits per heavy atom. The second-order valence-corrected chi connectivity index (χ2v) is 6.92. The van der Waals surface area contributed by atoms with E-state index >= 15 is 0 Å². The number of anilines is 3. The average Bonchev–Trinajstić information content (AvgIpc) is 2.78. The van der Waals surface area contributed by atoms with Crippen molar-refractivity contribution in [3.05, 3.63) is 59.3 Å². The van der Waals surface area contributed by atoms with E-state index in [2.05, 4.69) is 45.5 Å². The van der Waals surface area contributed by atoms with Crippen molar-refractivity contribution in [3.8, 4) is 11.5 Å². The van der Waals surface area contributed by atoms with Gasteiger partial charge in [0.25, 0.3) is 0 Å². The largest absolute Gasteiger partial charge is 0.493 e. The summed E-state index contributed by atoms with van der Waals surface area (Å²) in [5.41, 5.74) is 4.73. The number of fused-ring (bicyclic) bond motifs is 1. The highest BCUT2D eigenvalue weighted by Gasteiger charge is 2.21. The monoisotopic (exact) mass is 391 g/mol. The molecule has 1 aromatic heterocycles. The first-order valence-corrected chi connectivity index (χ1v) is 9.75. The number of aromatic nitrogens is 3. The standard InChI is InChI=1S/C22H25N5O2/c1-4-15-7-5-6-8-18(15)24-21-13-23-26-22(25-21)27-10-9-16-11-19(28-2)20(29-3)12-17(16)14-27/h5-8,11-13H,4,9-10,14H2,1-3H3,(H,24,25,26). The van der Waals surface area contributed by atoms with Gasteiger partial charge in [-0.15, -0.1) is 5.10 Å². The van der Waals surface area contributed by atoms with E-state index in [0.717, 1.165) is 36.6 Å². The molecule has 2 heterocycles. The van der Waals surface area contributed by atoms with Crippen LogP contribution in [0.15, 0.2) is 42.6 Å². The van der Waals surface area contributed by atoms with E-state index in [1.165, 1.54) is 16.7 Å². The zero-order valence-corrected chi connectivity index (χ0v) is 17.0. The lowest BCUT2D eigenvalue weighted by Crippen LogP contribution is -2.32. The van der Waals surface area contributed by atoms with Gasteiger partial charge in [-0.05, 0) is 47.7 Å². The second kappa shape index (κ2) is 8.34. The summed E-state index contributed by atoms with van der Waals surface area (Å²) in [4.78, 5) is 6.84. The Labute approximate surface area is 170 Å². The number of aryl methyl sites for hydroxylation is 1. The van der Waals surface area contributed by atoms with Crippen molar-refractivity contribution in [2.24, 2.45) is 0 Å². The van der Waals surface area contributed by atoms with Gasteiger partial charge in [0, 0.05) is 18.8 Å². The molecular weight excluding hydrogens is 366 g/mol. The van der Waals surface area contributed by atoms with E-state index in [4.69, 9.17) is 14.5 Å². The summed E-state index contributed by atoms with van der Waals surface area (Å²) < 4.78 is 10.9. The first kappa shape index (κ1) is 19.0. The summed E-state index contributed by atoms with van der Waals surface area (Å²) in [7, 11) is 3.31. The molecule has 2 aromatic carbocycles. The van der Waals surface area contributed by atoms with E-state index < -0.39 is 0 Å². The van der Waals surface area contributed by atoms with Crippen molar-refractivity contribution >= 4 is 17.5 Å². The predicted octanol–water partition coefficient (Wildman–Crippen LogP) is 3.76. The molecule has 4 rings (SSSR count). The van der Waals surface area contributed by atoms with Crippen molar-refractivity contribution in [2.45, 2.75) is 26.3 Å². The van der Waals surface area contributed by atoms with Gasteiger partial charge in [-0.2, -0.15) is 10.1 Å². The van der Waals surface area contributed by atoms with Crippen molar-refractivity contribution in [3.63, 3.8) is 0 Å². The molecule has 29 heavy (non-hydrogen) atoms. The zero-order chi connectivity index (χ0) is 20.2. The highest BCUT2D eigenvalue weighted by Crippen LogP contribution is 2.34. The Bertz CT molecular complexity index is 1010. The smallest absolute Gasteiger partial charge is 0.247 e. The molecule has 0 atom stereocenters. The molecule has 1 aliphatic heterocycles. The zero-order valence-electron chi connectivity index (χ0n) is 17.0. The number of nitrogens with one attached hydrogen (secondary N) is 1. The Hall–Kier alpha value is -3.35. The Balaban J connectivity index is 1.56. The van der Waals surface area contributed by atoms with Crippen LogP contribution < -0.4 is 19.7 Å². The van der Waals surface area contributed by atoms with Crippen LogP contribution in [0.1, 0.15) is 23.6 Å². The molecule has 0 saturated heterocycles. The summed E-state index contributed by atoms with van der Waals surface area (Å²) >= 11 is 0. The number of ether oxygens (including phenoxy) is 2. The van der Waals surface area contributed by atoms with Gasteiger partial charge in [0.1, 0.15) is 0 Å². The van der Waals surface area contributed by atoms with Gasteiger partial charge in [0.2, 0.25) is 5.95 Å². The second-order valence-electron chi connectivity index (χ2n) is 6.92. The minimum Gasteiger partial charge on any atom is -0.493 e. The first-order chi connectivity index (χ1) is 14.2.